The second kappa shape index (κ2) is 10.6. The molecule has 0 aromatic heterocycles. The van der Waals surface area contributed by atoms with E-state index in [1.54, 1.807) is 0 Å². The molecule has 3 aromatic carbocycles. The zero-order valence-corrected chi connectivity index (χ0v) is 20.4. The molecule has 2 aliphatic rings. The number of halogens is 1. The molecule has 5 rings (SSSR count). The Bertz CT molecular complexity index is 1230. The lowest BCUT2D eigenvalue weighted by Gasteiger charge is -2.29. The SMILES string of the molecule is O=C(NC(Cc1ccc(N2CCOCC2)cc1Cl)C(=O)O)OCC1c2ccccc2-c2ccccc21. The molecular formula is C28H27ClN2O5. The van der Waals surface area contributed by atoms with Gasteiger partial charge in [-0.1, -0.05) is 66.2 Å². The molecule has 7 nitrogen and oxygen atoms in total. The molecule has 0 bridgehead atoms. The first-order chi connectivity index (χ1) is 17.5. The first-order valence-electron chi connectivity index (χ1n) is 12.0. The molecule has 36 heavy (non-hydrogen) atoms. The fourth-order valence-corrected chi connectivity index (χ4v) is 5.17. The lowest BCUT2D eigenvalue weighted by molar-refractivity contribution is -0.139. The highest BCUT2D eigenvalue weighted by Gasteiger charge is 2.30. The van der Waals surface area contributed by atoms with Gasteiger partial charge in [0, 0.05) is 36.1 Å². The maximum atomic E-state index is 12.6. The van der Waals surface area contributed by atoms with Gasteiger partial charge in [-0.3, -0.25) is 0 Å². The van der Waals surface area contributed by atoms with Gasteiger partial charge in [0.2, 0.25) is 0 Å². The number of hydrogen-bond donors (Lipinski definition) is 2. The Morgan fingerprint density at radius 1 is 1.03 bits per heavy atom. The molecule has 0 saturated carbocycles. The van der Waals surface area contributed by atoms with Crippen molar-refractivity contribution in [2.24, 2.45) is 0 Å². The minimum absolute atomic E-state index is 0.0434. The lowest BCUT2D eigenvalue weighted by Crippen LogP contribution is -2.43. The average Bonchev–Trinajstić information content (AvgIpc) is 3.22. The van der Waals surface area contributed by atoms with Crippen LogP contribution in [0.15, 0.2) is 66.7 Å². The number of carboxylic acid groups (broad SMARTS) is 1. The number of fused-ring (bicyclic) bond motifs is 3. The highest BCUT2D eigenvalue weighted by molar-refractivity contribution is 6.31. The van der Waals surface area contributed by atoms with E-state index in [-0.39, 0.29) is 18.9 Å². The number of amides is 1. The van der Waals surface area contributed by atoms with E-state index in [1.807, 2.05) is 54.6 Å². The van der Waals surface area contributed by atoms with Crippen molar-refractivity contribution in [3.63, 3.8) is 0 Å². The number of rotatable bonds is 7. The summed E-state index contributed by atoms with van der Waals surface area (Å²) in [6.07, 6.45) is -0.729. The van der Waals surface area contributed by atoms with E-state index >= 15 is 0 Å². The van der Waals surface area contributed by atoms with Crippen LogP contribution in [0.5, 0.6) is 0 Å². The van der Waals surface area contributed by atoms with E-state index < -0.39 is 18.1 Å². The topological polar surface area (TPSA) is 88.1 Å². The number of benzene rings is 3. The van der Waals surface area contributed by atoms with Crippen LogP contribution in [0.4, 0.5) is 10.5 Å². The van der Waals surface area contributed by atoms with Crippen LogP contribution >= 0.6 is 11.6 Å². The smallest absolute Gasteiger partial charge is 0.407 e. The van der Waals surface area contributed by atoms with E-state index in [9.17, 15) is 14.7 Å². The number of nitrogens with one attached hydrogen (secondary N) is 1. The standard InChI is InChI=1S/C28H27ClN2O5/c29-25-16-19(31-11-13-35-14-12-31)10-9-18(25)15-26(27(32)33)30-28(34)36-17-24-22-7-3-1-5-20(22)21-6-2-4-8-23(21)24/h1-10,16,24,26H,11-15,17H2,(H,30,34)(H,32,33). The third-order valence-electron chi connectivity index (χ3n) is 6.77. The molecule has 1 aliphatic carbocycles. The monoisotopic (exact) mass is 506 g/mol. The number of carboxylic acids is 1. The van der Waals surface area contributed by atoms with Gasteiger partial charge in [0.1, 0.15) is 12.6 Å². The highest BCUT2D eigenvalue weighted by Crippen LogP contribution is 2.44. The lowest BCUT2D eigenvalue weighted by atomic mass is 9.98. The quantitative estimate of drug-likeness (QED) is 0.482. The van der Waals surface area contributed by atoms with Gasteiger partial charge in [-0.05, 0) is 39.9 Å². The van der Waals surface area contributed by atoms with Crippen LogP contribution in [0.2, 0.25) is 5.02 Å². The molecule has 186 valence electrons. The first-order valence-corrected chi connectivity index (χ1v) is 12.3. The van der Waals surface area contributed by atoms with Crippen molar-refractivity contribution >= 4 is 29.4 Å². The highest BCUT2D eigenvalue weighted by atomic mass is 35.5. The Morgan fingerprint density at radius 3 is 2.28 bits per heavy atom. The first kappa shape index (κ1) is 24.2. The van der Waals surface area contributed by atoms with Crippen LogP contribution in [0.25, 0.3) is 11.1 Å². The molecule has 1 aliphatic heterocycles. The van der Waals surface area contributed by atoms with Gasteiger partial charge in [-0.15, -0.1) is 0 Å². The summed E-state index contributed by atoms with van der Waals surface area (Å²) >= 11 is 6.48. The van der Waals surface area contributed by atoms with Crippen molar-refractivity contribution in [3.8, 4) is 11.1 Å². The van der Waals surface area contributed by atoms with Gasteiger partial charge >= 0.3 is 12.1 Å². The van der Waals surface area contributed by atoms with Crippen molar-refractivity contribution in [3.05, 3.63) is 88.4 Å². The van der Waals surface area contributed by atoms with Gasteiger partial charge < -0.3 is 24.8 Å². The van der Waals surface area contributed by atoms with Crippen LogP contribution in [-0.4, -0.2) is 56.1 Å². The molecule has 8 heteroatoms. The zero-order chi connectivity index (χ0) is 25.1. The zero-order valence-electron chi connectivity index (χ0n) is 19.7. The van der Waals surface area contributed by atoms with E-state index in [0.717, 1.165) is 41.0 Å². The van der Waals surface area contributed by atoms with E-state index in [0.29, 0.717) is 23.8 Å². The van der Waals surface area contributed by atoms with Crippen LogP contribution in [0.3, 0.4) is 0 Å². The summed E-state index contributed by atoms with van der Waals surface area (Å²) in [5.41, 5.74) is 6.03. The largest absolute Gasteiger partial charge is 0.480 e. The van der Waals surface area contributed by atoms with Crippen LogP contribution < -0.4 is 10.2 Å². The number of carbonyl (C=O) groups is 2. The Kier molecular flexibility index (Phi) is 7.11. The van der Waals surface area contributed by atoms with Crippen molar-refractivity contribution in [1.29, 1.82) is 0 Å². The van der Waals surface area contributed by atoms with Gasteiger partial charge in [-0.2, -0.15) is 0 Å². The summed E-state index contributed by atoms with van der Waals surface area (Å²) < 4.78 is 10.9. The molecule has 1 amide bonds. The van der Waals surface area contributed by atoms with Gasteiger partial charge in [-0.25, -0.2) is 9.59 Å². The van der Waals surface area contributed by atoms with Crippen LogP contribution in [0, 0.1) is 0 Å². The molecule has 3 aromatic rings. The third-order valence-corrected chi connectivity index (χ3v) is 7.12. The summed E-state index contributed by atoms with van der Waals surface area (Å²) in [4.78, 5) is 26.7. The number of hydrogen-bond acceptors (Lipinski definition) is 5. The molecule has 1 fully saturated rings. The third kappa shape index (κ3) is 5.03. The average molecular weight is 507 g/mol. The maximum absolute atomic E-state index is 12.6. The second-order valence-corrected chi connectivity index (χ2v) is 9.35. The van der Waals surface area contributed by atoms with Crippen molar-refractivity contribution in [2.45, 2.75) is 18.4 Å². The fraction of sp³-hybridized carbons (Fsp3) is 0.286. The Hall–Kier alpha value is -3.55. The van der Waals surface area contributed by atoms with Gasteiger partial charge in [0.15, 0.2) is 0 Å². The summed E-state index contributed by atoms with van der Waals surface area (Å²) in [7, 11) is 0. The molecule has 2 N–H and O–H groups in total. The van der Waals surface area contributed by atoms with Crippen LogP contribution in [0.1, 0.15) is 22.6 Å². The van der Waals surface area contributed by atoms with Crippen LogP contribution in [-0.2, 0) is 20.7 Å². The van der Waals surface area contributed by atoms with E-state index in [4.69, 9.17) is 21.1 Å². The number of morpholine rings is 1. The summed E-state index contributed by atoms with van der Waals surface area (Å²) in [6, 6.07) is 20.5. The number of nitrogens with zero attached hydrogens (tertiary/aromatic N) is 1. The Balaban J connectivity index is 1.23. The summed E-state index contributed by atoms with van der Waals surface area (Å²) in [5.74, 6) is -1.26. The van der Waals surface area contributed by atoms with Gasteiger partial charge in [0.25, 0.3) is 0 Å². The molecule has 1 atom stereocenters. The van der Waals surface area contributed by atoms with Gasteiger partial charge in [0.05, 0.1) is 13.2 Å². The molecule has 1 saturated heterocycles. The minimum atomic E-state index is -1.17. The molecule has 1 heterocycles. The number of aliphatic carboxylic acids is 1. The van der Waals surface area contributed by atoms with Crippen molar-refractivity contribution in [1.82, 2.24) is 5.32 Å². The summed E-state index contributed by atoms with van der Waals surface area (Å²) in [5, 5.41) is 12.7. The fourth-order valence-electron chi connectivity index (χ4n) is 4.92. The maximum Gasteiger partial charge on any atom is 0.407 e. The predicted octanol–water partition coefficient (Wildman–Crippen LogP) is 4.71. The number of ether oxygens (including phenoxy) is 2. The Morgan fingerprint density at radius 2 is 1.67 bits per heavy atom. The minimum Gasteiger partial charge on any atom is -0.480 e. The normalized spacial score (nSPS) is 15.6. The predicted molar refractivity (Wildman–Crippen MR) is 138 cm³/mol. The summed E-state index contributed by atoms with van der Waals surface area (Å²) in [6.45, 7) is 2.98. The number of carbonyl (C=O) groups excluding carboxylic acids is 1. The van der Waals surface area contributed by atoms with Crippen molar-refractivity contribution < 1.29 is 24.2 Å². The van der Waals surface area contributed by atoms with E-state index in [1.165, 1.54) is 0 Å². The number of anilines is 1. The Labute approximate surface area is 214 Å². The van der Waals surface area contributed by atoms with Crippen molar-refractivity contribution in [2.75, 3.05) is 37.8 Å². The second-order valence-electron chi connectivity index (χ2n) is 8.94. The molecule has 1 unspecified atom stereocenters. The number of alkyl carbamates (subject to hydrolysis) is 1. The molecule has 0 radical (unpaired) electrons. The molecular weight excluding hydrogens is 480 g/mol. The van der Waals surface area contributed by atoms with E-state index in [2.05, 4.69) is 22.3 Å². The molecule has 0 spiro atoms.